The normalized spacial score (nSPS) is 10.8. The molecule has 0 aliphatic heterocycles. The lowest BCUT2D eigenvalue weighted by atomic mass is 10.2. The number of benzene rings is 3. The molecule has 0 aliphatic rings. The first kappa shape index (κ1) is 22.8. The third-order valence-corrected chi connectivity index (χ3v) is 5.98. The molecular formula is C24H18Cl2N4O2S. The molecule has 3 aromatic carbocycles. The van der Waals surface area contributed by atoms with Crippen molar-refractivity contribution in [3.8, 4) is 5.75 Å². The molecule has 0 saturated heterocycles. The Morgan fingerprint density at radius 2 is 1.73 bits per heavy atom. The summed E-state index contributed by atoms with van der Waals surface area (Å²) in [6.07, 6.45) is 1.46. The summed E-state index contributed by atoms with van der Waals surface area (Å²) in [5, 5.41) is 8.78. The molecule has 0 radical (unpaired) electrons. The highest BCUT2D eigenvalue weighted by molar-refractivity contribution is 7.17. The third kappa shape index (κ3) is 6.32. The van der Waals surface area contributed by atoms with E-state index in [0.717, 1.165) is 11.3 Å². The number of thiazole rings is 1. The van der Waals surface area contributed by atoms with Crippen LogP contribution in [-0.2, 0) is 6.61 Å². The van der Waals surface area contributed by atoms with Gasteiger partial charge in [0.25, 0.3) is 5.91 Å². The number of hydrogen-bond donors (Lipinski definition) is 2. The van der Waals surface area contributed by atoms with Gasteiger partial charge < -0.3 is 10.1 Å². The maximum atomic E-state index is 12.7. The minimum atomic E-state index is -0.402. The van der Waals surface area contributed by atoms with Crippen LogP contribution in [0.1, 0.15) is 20.8 Å². The second-order valence-corrected chi connectivity index (χ2v) is 8.60. The van der Waals surface area contributed by atoms with Crippen LogP contribution in [0.2, 0.25) is 10.2 Å². The number of hydrazone groups is 1. The summed E-state index contributed by atoms with van der Waals surface area (Å²) in [7, 11) is 0. The number of anilines is 2. The molecule has 2 N–H and O–H groups in total. The number of carbonyl (C=O) groups excluding carboxylic acids is 1. The number of rotatable bonds is 8. The van der Waals surface area contributed by atoms with E-state index in [1.807, 2.05) is 42.5 Å². The molecule has 4 aromatic rings. The van der Waals surface area contributed by atoms with Gasteiger partial charge in [0.2, 0.25) is 0 Å². The fourth-order valence-electron chi connectivity index (χ4n) is 2.82. The monoisotopic (exact) mass is 496 g/mol. The number of halogens is 2. The van der Waals surface area contributed by atoms with Gasteiger partial charge in [0, 0.05) is 10.7 Å². The number of nitrogens with one attached hydrogen (secondary N) is 2. The average Bonchev–Trinajstić information content (AvgIpc) is 3.18. The van der Waals surface area contributed by atoms with E-state index in [1.54, 1.807) is 36.4 Å². The number of aromatic nitrogens is 1. The van der Waals surface area contributed by atoms with E-state index in [1.165, 1.54) is 17.6 Å². The van der Waals surface area contributed by atoms with Crippen LogP contribution in [0.5, 0.6) is 5.75 Å². The Hall–Kier alpha value is -3.39. The largest absolute Gasteiger partial charge is 0.488 e. The summed E-state index contributed by atoms with van der Waals surface area (Å²) in [5.74, 6) is 0.0477. The van der Waals surface area contributed by atoms with Crippen molar-refractivity contribution in [3.63, 3.8) is 0 Å². The standard InChI is InChI=1S/C24H18Cl2N4O2S/c25-17-12-10-16(11-13-17)15-32-20-9-5-4-8-19(20)23(31)30-27-14-21-22(26)29-24(33-21)28-18-6-2-1-3-7-18/h1-14H,15H2,(H,28,29)(H,30,31). The number of carbonyl (C=O) groups is 1. The zero-order valence-electron chi connectivity index (χ0n) is 17.2. The van der Waals surface area contributed by atoms with Gasteiger partial charge in [-0.05, 0) is 42.0 Å². The minimum Gasteiger partial charge on any atom is -0.488 e. The highest BCUT2D eigenvalue weighted by atomic mass is 35.5. The number of hydrogen-bond acceptors (Lipinski definition) is 6. The molecule has 0 spiro atoms. The molecule has 6 nitrogen and oxygen atoms in total. The van der Waals surface area contributed by atoms with Gasteiger partial charge >= 0.3 is 0 Å². The molecule has 33 heavy (non-hydrogen) atoms. The van der Waals surface area contributed by atoms with Gasteiger partial charge in [-0.1, -0.05) is 77.0 Å². The van der Waals surface area contributed by atoms with Crippen LogP contribution in [0, 0.1) is 0 Å². The Balaban J connectivity index is 1.38. The molecule has 4 rings (SSSR count). The molecule has 1 heterocycles. The molecule has 1 aromatic heterocycles. The first-order chi connectivity index (χ1) is 16.1. The van der Waals surface area contributed by atoms with E-state index in [4.69, 9.17) is 27.9 Å². The summed E-state index contributed by atoms with van der Waals surface area (Å²) < 4.78 is 5.83. The van der Waals surface area contributed by atoms with Crippen molar-refractivity contribution < 1.29 is 9.53 Å². The maximum absolute atomic E-state index is 12.7. The Morgan fingerprint density at radius 3 is 2.52 bits per heavy atom. The van der Waals surface area contributed by atoms with Gasteiger partial charge in [0.1, 0.15) is 12.4 Å². The lowest BCUT2D eigenvalue weighted by molar-refractivity contribution is 0.0950. The van der Waals surface area contributed by atoms with Crippen LogP contribution in [0.15, 0.2) is 84.0 Å². The third-order valence-electron chi connectivity index (χ3n) is 4.42. The van der Waals surface area contributed by atoms with E-state index in [9.17, 15) is 4.79 Å². The van der Waals surface area contributed by atoms with Crippen LogP contribution in [0.25, 0.3) is 0 Å². The van der Waals surface area contributed by atoms with Gasteiger partial charge in [-0.25, -0.2) is 10.4 Å². The van der Waals surface area contributed by atoms with Crippen LogP contribution in [0.3, 0.4) is 0 Å². The Bertz CT molecular complexity index is 1260. The molecule has 166 valence electrons. The topological polar surface area (TPSA) is 75.6 Å². The summed E-state index contributed by atoms with van der Waals surface area (Å²) in [4.78, 5) is 17.6. The summed E-state index contributed by atoms with van der Waals surface area (Å²) >= 11 is 13.4. The van der Waals surface area contributed by atoms with Crippen LogP contribution in [-0.4, -0.2) is 17.1 Å². The highest BCUT2D eigenvalue weighted by Gasteiger charge is 2.12. The number of para-hydroxylation sites is 2. The number of ether oxygens (including phenoxy) is 1. The molecule has 1 amide bonds. The number of amides is 1. The Labute approximate surface area is 204 Å². The summed E-state index contributed by atoms with van der Waals surface area (Å²) in [6.45, 7) is 0.304. The smallest absolute Gasteiger partial charge is 0.275 e. The van der Waals surface area contributed by atoms with Gasteiger partial charge in [-0.2, -0.15) is 5.10 Å². The van der Waals surface area contributed by atoms with Crippen LogP contribution >= 0.6 is 34.5 Å². The van der Waals surface area contributed by atoms with E-state index in [2.05, 4.69) is 20.8 Å². The van der Waals surface area contributed by atoms with E-state index in [-0.39, 0.29) is 0 Å². The first-order valence-corrected chi connectivity index (χ1v) is 11.4. The molecule has 0 atom stereocenters. The van der Waals surface area contributed by atoms with E-state index in [0.29, 0.717) is 38.1 Å². The molecule has 0 fully saturated rings. The first-order valence-electron chi connectivity index (χ1n) is 9.86. The van der Waals surface area contributed by atoms with Gasteiger partial charge in [-0.3, -0.25) is 4.79 Å². The van der Waals surface area contributed by atoms with Crippen LogP contribution < -0.4 is 15.5 Å². The lowest BCUT2D eigenvalue weighted by Gasteiger charge is -2.10. The summed E-state index contributed by atoms with van der Waals surface area (Å²) in [6, 6.07) is 23.9. The summed E-state index contributed by atoms with van der Waals surface area (Å²) in [5.41, 5.74) is 4.71. The second-order valence-electron chi connectivity index (χ2n) is 6.78. The van der Waals surface area contributed by atoms with Gasteiger partial charge in [0.15, 0.2) is 10.3 Å². The lowest BCUT2D eigenvalue weighted by Crippen LogP contribution is -2.18. The molecule has 9 heteroatoms. The minimum absolute atomic E-state index is 0.295. The highest BCUT2D eigenvalue weighted by Crippen LogP contribution is 2.28. The van der Waals surface area contributed by atoms with Crippen molar-refractivity contribution in [3.05, 3.63) is 105 Å². The fourth-order valence-corrected chi connectivity index (χ4v) is 4.00. The SMILES string of the molecule is O=C(NN=Cc1sc(Nc2ccccc2)nc1Cl)c1ccccc1OCc1ccc(Cl)cc1. The second kappa shape index (κ2) is 11.0. The van der Waals surface area contributed by atoms with Crippen molar-refractivity contribution in [1.82, 2.24) is 10.4 Å². The molecule has 0 aliphatic carbocycles. The fraction of sp³-hybridized carbons (Fsp3) is 0.0417. The zero-order chi connectivity index (χ0) is 23.0. The number of nitrogens with zero attached hydrogens (tertiary/aromatic N) is 2. The predicted octanol–water partition coefficient (Wildman–Crippen LogP) is 6.54. The van der Waals surface area contributed by atoms with Crippen molar-refractivity contribution >= 4 is 57.5 Å². The van der Waals surface area contributed by atoms with Gasteiger partial charge in [-0.15, -0.1) is 0 Å². The molecule has 0 unspecified atom stereocenters. The van der Waals surface area contributed by atoms with Crippen molar-refractivity contribution in [1.29, 1.82) is 0 Å². The van der Waals surface area contributed by atoms with Crippen molar-refractivity contribution in [2.24, 2.45) is 5.10 Å². The maximum Gasteiger partial charge on any atom is 0.275 e. The van der Waals surface area contributed by atoms with Crippen molar-refractivity contribution in [2.75, 3.05) is 5.32 Å². The van der Waals surface area contributed by atoms with Crippen molar-refractivity contribution in [2.45, 2.75) is 6.61 Å². The molecule has 0 bridgehead atoms. The van der Waals surface area contributed by atoms with Gasteiger partial charge in [0.05, 0.1) is 16.7 Å². The molecule has 0 saturated carbocycles. The molecular weight excluding hydrogens is 479 g/mol. The zero-order valence-corrected chi connectivity index (χ0v) is 19.5. The predicted molar refractivity (Wildman–Crippen MR) is 134 cm³/mol. The Morgan fingerprint density at radius 1 is 1.00 bits per heavy atom. The van der Waals surface area contributed by atoms with E-state index >= 15 is 0 Å². The van der Waals surface area contributed by atoms with E-state index < -0.39 is 5.91 Å². The average molecular weight is 497 g/mol. The van der Waals surface area contributed by atoms with Crippen LogP contribution in [0.4, 0.5) is 10.8 Å². The Kier molecular flexibility index (Phi) is 7.57. The quantitative estimate of drug-likeness (QED) is 0.214.